The molecule has 82 valence electrons. The Hall–Kier alpha value is -1.35. The van der Waals surface area contributed by atoms with Crippen LogP contribution in [0.2, 0.25) is 0 Å². The predicted molar refractivity (Wildman–Crippen MR) is 68.6 cm³/mol. The van der Waals surface area contributed by atoms with E-state index < -0.39 is 0 Å². The number of aromatic nitrogens is 1. The van der Waals surface area contributed by atoms with E-state index in [1.165, 1.54) is 29.8 Å². The van der Waals surface area contributed by atoms with E-state index in [0.29, 0.717) is 0 Å². The van der Waals surface area contributed by atoms with Crippen molar-refractivity contribution in [2.75, 3.05) is 5.73 Å². The van der Waals surface area contributed by atoms with Gasteiger partial charge in [-0.15, -0.1) is 11.3 Å². The van der Waals surface area contributed by atoms with Crippen molar-refractivity contribution in [1.29, 1.82) is 0 Å². The minimum absolute atomic E-state index is 0.827. The minimum atomic E-state index is 0.827. The average molecular weight is 230 g/mol. The minimum Gasteiger partial charge on any atom is -0.398 e. The molecular weight excluding hydrogens is 216 g/mol. The predicted octanol–water partition coefficient (Wildman–Crippen LogP) is 3.27. The Balaban J connectivity index is 2.07. The second-order valence-electron chi connectivity index (χ2n) is 4.18. The molecule has 0 amide bonds. The van der Waals surface area contributed by atoms with E-state index in [1.807, 2.05) is 29.5 Å². The lowest BCUT2D eigenvalue weighted by Gasteiger charge is -2.06. The molecule has 0 bridgehead atoms. The topological polar surface area (TPSA) is 38.9 Å². The number of benzene rings is 1. The quantitative estimate of drug-likeness (QED) is 0.764. The van der Waals surface area contributed by atoms with Crippen LogP contribution in [0, 0.1) is 0 Å². The molecule has 0 saturated carbocycles. The summed E-state index contributed by atoms with van der Waals surface area (Å²) in [6.07, 6.45) is 4.91. The number of nitrogen functional groups attached to an aromatic ring is 1. The lowest BCUT2D eigenvalue weighted by Crippen LogP contribution is -1.98. The van der Waals surface area contributed by atoms with Gasteiger partial charge >= 0.3 is 0 Å². The summed E-state index contributed by atoms with van der Waals surface area (Å²) < 4.78 is 0. The molecule has 2 aromatic rings. The average Bonchev–Trinajstić information content (AvgIpc) is 2.73. The molecule has 2 N–H and O–H groups in total. The van der Waals surface area contributed by atoms with Gasteiger partial charge in [-0.2, -0.15) is 0 Å². The van der Waals surface area contributed by atoms with Crippen LogP contribution in [0.5, 0.6) is 0 Å². The maximum absolute atomic E-state index is 5.98. The van der Waals surface area contributed by atoms with E-state index in [-0.39, 0.29) is 0 Å². The summed E-state index contributed by atoms with van der Waals surface area (Å²) in [5.41, 5.74) is 9.19. The van der Waals surface area contributed by atoms with Crippen molar-refractivity contribution in [3.63, 3.8) is 0 Å². The number of aryl methyl sites for hydroxylation is 2. The van der Waals surface area contributed by atoms with Crippen LogP contribution in [0.1, 0.15) is 23.4 Å². The van der Waals surface area contributed by atoms with Gasteiger partial charge in [-0.3, -0.25) is 0 Å². The zero-order valence-electron chi connectivity index (χ0n) is 9.07. The summed E-state index contributed by atoms with van der Waals surface area (Å²) in [5.74, 6) is 0. The van der Waals surface area contributed by atoms with E-state index in [9.17, 15) is 0 Å². The highest BCUT2D eigenvalue weighted by atomic mass is 32.1. The normalized spacial score (nSPS) is 14.8. The van der Waals surface area contributed by atoms with Gasteiger partial charge in [0.2, 0.25) is 0 Å². The van der Waals surface area contributed by atoms with Crippen LogP contribution < -0.4 is 5.73 Å². The Bertz CT molecular complexity index is 493. The highest BCUT2D eigenvalue weighted by molar-refractivity contribution is 7.15. The second-order valence-corrected chi connectivity index (χ2v) is 5.27. The zero-order chi connectivity index (χ0) is 11.0. The largest absolute Gasteiger partial charge is 0.398 e. The number of hydrogen-bond acceptors (Lipinski definition) is 3. The number of nitrogens with zero attached hydrogens (tertiary/aromatic N) is 1. The van der Waals surface area contributed by atoms with Gasteiger partial charge in [0.05, 0.1) is 5.69 Å². The molecule has 3 rings (SSSR count). The van der Waals surface area contributed by atoms with Crippen molar-refractivity contribution in [2.45, 2.75) is 25.7 Å². The first-order valence-corrected chi connectivity index (χ1v) is 6.50. The van der Waals surface area contributed by atoms with Gasteiger partial charge in [0, 0.05) is 16.1 Å². The SMILES string of the molecule is Nc1ccccc1-c1nc2c(s1)CCCC2. The molecule has 0 aliphatic heterocycles. The maximum Gasteiger partial charge on any atom is 0.125 e. The molecule has 0 atom stereocenters. The number of nitrogens with two attached hydrogens (primary N) is 1. The van der Waals surface area contributed by atoms with Gasteiger partial charge < -0.3 is 5.73 Å². The number of thiazole rings is 1. The number of para-hydroxylation sites is 1. The summed E-state index contributed by atoms with van der Waals surface area (Å²) in [6.45, 7) is 0. The van der Waals surface area contributed by atoms with Gasteiger partial charge in [0.25, 0.3) is 0 Å². The van der Waals surface area contributed by atoms with Crippen molar-refractivity contribution in [3.05, 3.63) is 34.8 Å². The van der Waals surface area contributed by atoms with E-state index in [4.69, 9.17) is 10.7 Å². The first-order chi connectivity index (χ1) is 7.84. The van der Waals surface area contributed by atoms with E-state index in [2.05, 4.69) is 6.07 Å². The molecule has 0 fully saturated rings. The highest BCUT2D eigenvalue weighted by Crippen LogP contribution is 2.34. The first kappa shape index (κ1) is 9.85. The Morgan fingerprint density at radius 3 is 2.75 bits per heavy atom. The summed E-state index contributed by atoms with van der Waals surface area (Å²) >= 11 is 1.81. The van der Waals surface area contributed by atoms with Crippen LogP contribution in [0.3, 0.4) is 0 Å². The first-order valence-electron chi connectivity index (χ1n) is 5.68. The summed E-state index contributed by atoms with van der Waals surface area (Å²) in [4.78, 5) is 6.18. The van der Waals surface area contributed by atoms with Crippen molar-refractivity contribution in [2.24, 2.45) is 0 Å². The molecule has 1 aromatic heterocycles. The zero-order valence-corrected chi connectivity index (χ0v) is 9.89. The standard InChI is InChI=1S/C13H14N2S/c14-10-6-2-1-5-9(10)13-15-11-7-3-4-8-12(11)16-13/h1-2,5-6H,3-4,7-8,14H2. The summed E-state index contributed by atoms with van der Waals surface area (Å²) in [7, 11) is 0. The van der Waals surface area contributed by atoms with Gasteiger partial charge in [-0.05, 0) is 37.8 Å². The second kappa shape index (κ2) is 3.91. The van der Waals surface area contributed by atoms with E-state index in [0.717, 1.165) is 22.7 Å². The van der Waals surface area contributed by atoms with Gasteiger partial charge in [-0.1, -0.05) is 12.1 Å². The highest BCUT2D eigenvalue weighted by Gasteiger charge is 2.16. The van der Waals surface area contributed by atoms with Crippen molar-refractivity contribution < 1.29 is 0 Å². The van der Waals surface area contributed by atoms with Gasteiger partial charge in [0.15, 0.2) is 0 Å². The Labute approximate surface area is 99.1 Å². The molecule has 0 spiro atoms. The fraction of sp³-hybridized carbons (Fsp3) is 0.308. The van der Waals surface area contributed by atoms with Crippen LogP contribution in [-0.2, 0) is 12.8 Å². The van der Waals surface area contributed by atoms with Crippen LogP contribution in [-0.4, -0.2) is 4.98 Å². The fourth-order valence-electron chi connectivity index (χ4n) is 2.16. The molecule has 1 heterocycles. The number of fused-ring (bicyclic) bond motifs is 1. The van der Waals surface area contributed by atoms with E-state index in [1.54, 1.807) is 0 Å². The summed E-state index contributed by atoms with van der Waals surface area (Å²) in [6, 6.07) is 7.98. The van der Waals surface area contributed by atoms with Crippen LogP contribution in [0.4, 0.5) is 5.69 Å². The Morgan fingerprint density at radius 2 is 1.94 bits per heavy atom. The monoisotopic (exact) mass is 230 g/mol. The fourth-order valence-corrected chi connectivity index (χ4v) is 3.36. The Kier molecular flexibility index (Phi) is 2.40. The van der Waals surface area contributed by atoms with Crippen molar-refractivity contribution in [3.8, 4) is 10.6 Å². The molecule has 0 unspecified atom stereocenters. The molecule has 1 aliphatic carbocycles. The molecule has 0 radical (unpaired) electrons. The molecular formula is C13H14N2S. The number of anilines is 1. The third-order valence-corrected chi connectivity index (χ3v) is 4.23. The molecule has 0 saturated heterocycles. The molecule has 1 aromatic carbocycles. The van der Waals surface area contributed by atoms with Gasteiger partial charge in [-0.25, -0.2) is 4.98 Å². The van der Waals surface area contributed by atoms with Crippen LogP contribution in [0.25, 0.3) is 10.6 Å². The van der Waals surface area contributed by atoms with Crippen LogP contribution >= 0.6 is 11.3 Å². The van der Waals surface area contributed by atoms with Crippen LogP contribution in [0.15, 0.2) is 24.3 Å². The third kappa shape index (κ3) is 1.61. The number of hydrogen-bond donors (Lipinski definition) is 1. The smallest absolute Gasteiger partial charge is 0.125 e. The number of rotatable bonds is 1. The molecule has 16 heavy (non-hydrogen) atoms. The third-order valence-electron chi connectivity index (χ3n) is 3.04. The lowest BCUT2D eigenvalue weighted by atomic mass is 10.0. The van der Waals surface area contributed by atoms with E-state index >= 15 is 0 Å². The van der Waals surface area contributed by atoms with Crippen molar-refractivity contribution in [1.82, 2.24) is 4.98 Å². The van der Waals surface area contributed by atoms with Crippen molar-refractivity contribution >= 4 is 17.0 Å². The maximum atomic E-state index is 5.98. The lowest BCUT2D eigenvalue weighted by molar-refractivity contribution is 0.682. The molecule has 3 heteroatoms. The van der Waals surface area contributed by atoms with Gasteiger partial charge in [0.1, 0.15) is 5.01 Å². The Morgan fingerprint density at radius 1 is 1.12 bits per heavy atom. The molecule has 2 nitrogen and oxygen atoms in total. The molecule has 1 aliphatic rings. The summed E-state index contributed by atoms with van der Waals surface area (Å²) in [5, 5.41) is 1.09.